The van der Waals surface area contributed by atoms with Crippen LogP contribution in [-0.2, 0) is 12.8 Å². The van der Waals surface area contributed by atoms with Crippen LogP contribution in [0.3, 0.4) is 0 Å². The van der Waals surface area contributed by atoms with Gasteiger partial charge in [0.1, 0.15) is 0 Å². The normalized spacial score (nSPS) is 16.6. The van der Waals surface area contributed by atoms with Gasteiger partial charge >= 0.3 is 0 Å². The van der Waals surface area contributed by atoms with E-state index in [0.29, 0.717) is 11.8 Å². The molecule has 0 heteroatoms. The van der Waals surface area contributed by atoms with Crippen molar-refractivity contribution in [3.05, 3.63) is 70.8 Å². The summed E-state index contributed by atoms with van der Waals surface area (Å²) in [5.41, 5.74) is 6.29. The number of benzene rings is 2. The molecule has 0 aromatic heterocycles. The van der Waals surface area contributed by atoms with E-state index in [9.17, 15) is 0 Å². The maximum Gasteiger partial charge on any atom is -0.0154 e. The van der Waals surface area contributed by atoms with Crippen molar-refractivity contribution in [1.82, 2.24) is 0 Å². The van der Waals surface area contributed by atoms with Crippen LogP contribution in [0.1, 0.15) is 87.0 Å². The molecule has 0 saturated heterocycles. The quantitative estimate of drug-likeness (QED) is 0.452. The van der Waals surface area contributed by atoms with E-state index in [2.05, 4.69) is 69.3 Å². The molecular formula is C25H34. The summed E-state index contributed by atoms with van der Waals surface area (Å²) in [4.78, 5) is 0. The van der Waals surface area contributed by atoms with Gasteiger partial charge in [-0.3, -0.25) is 0 Å². The lowest BCUT2D eigenvalue weighted by atomic mass is 9.77. The molecular weight excluding hydrogens is 300 g/mol. The lowest BCUT2D eigenvalue weighted by Crippen LogP contribution is -2.13. The van der Waals surface area contributed by atoms with Crippen LogP contribution in [0.2, 0.25) is 0 Å². The van der Waals surface area contributed by atoms with Gasteiger partial charge in [0.2, 0.25) is 0 Å². The Kier molecular flexibility index (Phi) is 6.34. The van der Waals surface area contributed by atoms with E-state index >= 15 is 0 Å². The third kappa shape index (κ3) is 4.54. The molecule has 2 aromatic rings. The summed E-state index contributed by atoms with van der Waals surface area (Å²) in [6.07, 6.45) is 9.06. The predicted molar refractivity (Wildman–Crippen MR) is 109 cm³/mol. The minimum Gasteiger partial charge on any atom is -0.0654 e. The Morgan fingerprint density at radius 1 is 0.800 bits per heavy atom. The summed E-state index contributed by atoms with van der Waals surface area (Å²) in [7, 11) is 0. The van der Waals surface area contributed by atoms with Crippen molar-refractivity contribution in [1.29, 1.82) is 0 Å². The van der Waals surface area contributed by atoms with Crippen LogP contribution in [0.4, 0.5) is 0 Å². The third-order valence-corrected chi connectivity index (χ3v) is 6.17. The van der Waals surface area contributed by atoms with E-state index in [4.69, 9.17) is 0 Å². The highest BCUT2D eigenvalue weighted by Crippen LogP contribution is 2.38. The van der Waals surface area contributed by atoms with Gasteiger partial charge in [-0.1, -0.05) is 82.1 Å². The molecule has 0 amide bonds. The van der Waals surface area contributed by atoms with Crippen molar-refractivity contribution < 1.29 is 0 Å². The van der Waals surface area contributed by atoms with Gasteiger partial charge in [-0.2, -0.15) is 0 Å². The largest absolute Gasteiger partial charge is 0.0654 e. The highest BCUT2D eigenvalue weighted by atomic mass is 14.3. The minimum absolute atomic E-state index is 0.679. The predicted octanol–water partition coefficient (Wildman–Crippen LogP) is 7.28. The fourth-order valence-electron chi connectivity index (χ4n) is 4.54. The van der Waals surface area contributed by atoms with Crippen LogP contribution in [0, 0.1) is 5.92 Å². The monoisotopic (exact) mass is 334 g/mol. The summed E-state index contributed by atoms with van der Waals surface area (Å²) >= 11 is 0. The molecule has 0 spiro atoms. The third-order valence-electron chi connectivity index (χ3n) is 6.17. The molecule has 25 heavy (non-hydrogen) atoms. The average molecular weight is 335 g/mol. The van der Waals surface area contributed by atoms with E-state index in [-0.39, 0.29) is 0 Å². The van der Waals surface area contributed by atoms with Gasteiger partial charge in [0.15, 0.2) is 0 Å². The molecule has 134 valence electrons. The van der Waals surface area contributed by atoms with Crippen LogP contribution in [0.25, 0.3) is 0 Å². The first-order valence-electron chi connectivity index (χ1n) is 10.4. The van der Waals surface area contributed by atoms with Crippen molar-refractivity contribution in [2.75, 3.05) is 0 Å². The Labute approximate surface area is 154 Å². The molecule has 3 unspecified atom stereocenters. The van der Waals surface area contributed by atoms with Gasteiger partial charge in [-0.25, -0.2) is 0 Å². The first-order valence-corrected chi connectivity index (χ1v) is 10.4. The molecule has 3 atom stereocenters. The molecule has 0 N–H and O–H groups in total. The topological polar surface area (TPSA) is 0 Å². The Hall–Kier alpha value is -1.56. The summed E-state index contributed by atoms with van der Waals surface area (Å²) in [5, 5.41) is 0. The second-order valence-corrected chi connectivity index (χ2v) is 8.11. The summed E-state index contributed by atoms with van der Waals surface area (Å²) < 4.78 is 0. The number of hydrogen-bond acceptors (Lipinski definition) is 0. The zero-order valence-electron chi connectivity index (χ0n) is 16.3. The first kappa shape index (κ1) is 18.2. The van der Waals surface area contributed by atoms with E-state index in [1.807, 2.05) is 0 Å². The van der Waals surface area contributed by atoms with Crippen molar-refractivity contribution in [3.8, 4) is 0 Å². The SMILES string of the molecule is CCCC(C)CC(CC(CC)c1ccc2c(c1)CC2)c1ccccc1. The lowest BCUT2D eigenvalue weighted by Gasteiger charge is -2.28. The molecule has 0 heterocycles. The van der Waals surface area contributed by atoms with Crippen molar-refractivity contribution in [2.45, 2.75) is 77.6 Å². The van der Waals surface area contributed by atoms with Crippen molar-refractivity contribution in [2.24, 2.45) is 5.92 Å². The van der Waals surface area contributed by atoms with Gasteiger partial charge in [0, 0.05) is 0 Å². The van der Waals surface area contributed by atoms with E-state index in [1.165, 1.54) is 50.5 Å². The van der Waals surface area contributed by atoms with Crippen LogP contribution in [0.15, 0.2) is 48.5 Å². The fraction of sp³-hybridized carbons (Fsp3) is 0.520. The van der Waals surface area contributed by atoms with Crippen molar-refractivity contribution in [3.63, 3.8) is 0 Å². The zero-order chi connectivity index (χ0) is 17.6. The van der Waals surface area contributed by atoms with Gasteiger partial charge in [0.05, 0.1) is 0 Å². The number of aryl methyl sites for hydroxylation is 2. The number of hydrogen-bond donors (Lipinski definition) is 0. The van der Waals surface area contributed by atoms with Gasteiger partial charge < -0.3 is 0 Å². The molecule has 0 saturated carbocycles. The second kappa shape index (κ2) is 8.70. The smallest absolute Gasteiger partial charge is 0.0154 e. The van der Waals surface area contributed by atoms with Crippen molar-refractivity contribution >= 4 is 0 Å². The molecule has 0 bridgehead atoms. The Morgan fingerprint density at radius 3 is 2.16 bits per heavy atom. The maximum atomic E-state index is 2.50. The Balaban J connectivity index is 1.78. The molecule has 1 aliphatic carbocycles. The summed E-state index contributed by atoms with van der Waals surface area (Å²) in [6, 6.07) is 18.5. The standard InChI is InChI=1S/C25H34/c1-4-9-19(3)16-25(21-10-7-6-8-11-21)17-20(5-2)23-14-12-22-13-15-24(22)18-23/h6-8,10-12,14,18-20,25H,4-5,9,13,15-17H2,1-3H3. The molecule has 0 nitrogen and oxygen atoms in total. The maximum absolute atomic E-state index is 2.50. The van der Waals surface area contributed by atoms with Gasteiger partial charge in [0.25, 0.3) is 0 Å². The van der Waals surface area contributed by atoms with Crippen LogP contribution < -0.4 is 0 Å². The number of fused-ring (bicyclic) bond motifs is 1. The molecule has 2 aromatic carbocycles. The molecule has 3 rings (SSSR count). The second-order valence-electron chi connectivity index (χ2n) is 8.11. The zero-order valence-corrected chi connectivity index (χ0v) is 16.3. The van der Waals surface area contributed by atoms with E-state index in [1.54, 1.807) is 16.7 Å². The highest BCUT2D eigenvalue weighted by Gasteiger charge is 2.22. The average Bonchev–Trinajstić information content (AvgIpc) is 2.61. The van der Waals surface area contributed by atoms with Crippen LogP contribution in [0.5, 0.6) is 0 Å². The van der Waals surface area contributed by atoms with E-state index in [0.717, 1.165) is 5.92 Å². The minimum atomic E-state index is 0.679. The molecule has 1 aliphatic rings. The molecule has 0 fully saturated rings. The highest BCUT2D eigenvalue weighted by molar-refractivity contribution is 5.40. The first-order chi connectivity index (χ1) is 12.2. The molecule has 0 radical (unpaired) electrons. The van der Waals surface area contributed by atoms with Gasteiger partial charge in [-0.15, -0.1) is 0 Å². The van der Waals surface area contributed by atoms with Gasteiger partial charge in [-0.05, 0) is 72.1 Å². The molecule has 0 aliphatic heterocycles. The van der Waals surface area contributed by atoms with E-state index < -0.39 is 0 Å². The lowest BCUT2D eigenvalue weighted by molar-refractivity contribution is 0.397. The number of rotatable bonds is 9. The fourth-order valence-corrected chi connectivity index (χ4v) is 4.54. The Bertz CT molecular complexity index is 655. The summed E-state index contributed by atoms with van der Waals surface area (Å²) in [5.74, 6) is 2.17. The Morgan fingerprint density at radius 2 is 1.56 bits per heavy atom. The summed E-state index contributed by atoms with van der Waals surface area (Å²) in [6.45, 7) is 7.11. The van der Waals surface area contributed by atoms with Crippen LogP contribution in [-0.4, -0.2) is 0 Å². The van der Waals surface area contributed by atoms with Crippen LogP contribution >= 0.6 is 0 Å².